The number of aromatic nitrogens is 1. The lowest BCUT2D eigenvalue weighted by atomic mass is 10.0. The number of thioether (sulfide) groups is 1. The maximum atomic E-state index is 12.7. The summed E-state index contributed by atoms with van der Waals surface area (Å²) in [6.07, 6.45) is 3.57. The Hall–Kier alpha value is -3.05. The number of oxazole rings is 1. The lowest BCUT2D eigenvalue weighted by Gasteiger charge is -2.35. The Kier molecular flexibility index (Phi) is 8.34. The standard InChI is InChI=1S/C22H30N6O4S/c1-26(2)7-4-12-31-22(30)28-10-8-27(9-11-28)15-5-6-18(33-3)16(13-15)19(23)20(29)17-14-32-21(24)25-17/h5-6,13-14,23H,4,7-12H2,1-3H3,(H2,24,25). The van der Waals surface area contributed by atoms with Gasteiger partial charge in [-0.3, -0.25) is 10.2 Å². The number of nitrogen functional groups attached to an aromatic ring is 1. The van der Waals surface area contributed by atoms with Crippen LogP contribution in [-0.4, -0.2) is 92.1 Å². The van der Waals surface area contributed by atoms with Crippen molar-refractivity contribution in [2.24, 2.45) is 0 Å². The number of carbonyl (C=O) groups excluding carboxylic acids is 2. The Labute approximate surface area is 197 Å². The topological polar surface area (TPSA) is 129 Å². The molecule has 33 heavy (non-hydrogen) atoms. The molecule has 0 unspecified atom stereocenters. The zero-order valence-corrected chi connectivity index (χ0v) is 20.0. The molecule has 178 valence electrons. The summed E-state index contributed by atoms with van der Waals surface area (Å²) in [6.45, 7) is 3.63. The highest BCUT2D eigenvalue weighted by atomic mass is 32.2. The van der Waals surface area contributed by atoms with Gasteiger partial charge in [0.05, 0.1) is 6.61 Å². The first-order chi connectivity index (χ1) is 15.8. The fourth-order valence-corrected chi connectivity index (χ4v) is 4.09. The molecule has 0 spiro atoms. The first-order valence-corrected chi connectivity index (χ1v) is 11.9. The lowest BCUT2D eigenvalue weighted by molar-refractivity contribution is 0.0970. The second-order valence-corrected chi connectivity index (χ2v) is 8.75. The average Bonchev–Trinajstić information content (AvgIpc) is 3.26. The van der Waals surface area contributed by atoms with Crippen molar-refractivity contribution >= 4 is 41.1 Å². The summed E-state index contributed by atoms with van der Waals surface area (Å²) in [4.78, 5) is 35.5. The Balaban J connectivity index is 1.63. The van der Waals surface area contributed by atoms with E-state index >= 15 is 0 Å². The second kappa shape index (κ2) is 11.2. The number of carbonyl (C=O) groups is 2. The zero-order chi connectivity index (χ0) is 24.0. The van der Waals surface area contributed by atoms with Crippen LogP contribution in [0.4, 0.5) is 16.5 Å². The Morgan fingerprint density at radius 1 is 1.27 bits per heavy atom. The molecule has 0 atom stereocenters. The lowest BCUT2D eigenvalue weighted by Crippen LogP contribution is -2.49. The fraction of sp³-hybridized carbons (Fsp3) is 0.455. The molecule has 1 saturated heterocycles. The maximum Gasteiger partial charge on any atom is 0.409 e. The number of nitrogens with two attached hydrogens (primary N) is 1. The van der Waals surface area contributed by atoms with Gasteiger partial charge >= 0.3 is 6.09 Å². The quantitative estimate of drug-likeness (QED) is 0.244. The third-order valence-corrected chi connectivity index (χ3v) is 6.11. The van der Waals surface area contributed by atoms with E-state index in [-0.39, 0.29) is 23.5 Å². The summed E-state index contributed by atoms with van der Waals surface area (Å²) >= 11 is 1.46. The zero-order valence-electron chi connectivity index (χ0n) is 19.2. The van der Waals surface area contributed by atoms with Crippen LogP contribution in [0.15, 0.2) is 33.8 Å². The van der Waals surface area contributed by atoms with Crippen LogP contribution in [0, 0.1) is 5.41 Å². The fourth-order valence-electron chi connectivity index (χ4n) is 3.51. The van der Waals surface area contributed by atoms with Gasteiger partial charge in [-0.05, 0) is 45.0 Å². The van der Waals surface area contributed by atoms with Crippen molar-refractivity contribution in [2.45, 2.75) is 11.3 Å². The summed E-state index contributed by atoms with van der Waals surface area (Å²) in [6, 6.07) is 5.60. The molecule has 1 aliphatic rings. The molecule has 1 amide bonds. The van der Waals surface area contributed by atoms with Crippen molar-refractivity contribution < 1.29 is 18.7 Å². The van der Waals surface area contributed by atoms with E-state index < -0.39 is 5.78 Å². The van der Waals surface area contributed by atoms with E-state index in [1.807, 2.05) is 38.6 Å². The van der Waals surface area contributed by atoms with Gasteiger partial charge in [-0.2, -0.15) is 4.98 Å². The SMILES string of the molecule is CSc1ccc(N2CCN(C(=O)OCCCN(C)C)CC2)cc1C(=N)C(=O)c1coc(N)n1. The van der Waals surface area contributed by atoms with Gasteiger partial charge < -0.3 is 29.6 Å². The molecule has 1 fully saturated rings. The van der Waals surface area contributed by atoms with Crippen LogP contribution >= 0.6 is 11.8 Å². The third kappa shape index (κ3) is 6.26. The number of benzene rings is 1. The number of nitrogens with one attached hydrogen (secondary N) is 1. The predicted octanol–water partition coefficient (Wildman–Crippen LogP) is 2.44. The van der Waals surface area contributed by atoms with Crippen LogP contribution in [0.3, 0.4) is 0 Å². The van der Waals surface area contributed by atoms with Crippen LogP contribution in [0.5, 0.6) is 0 Å². The van der Waals surface area contributed by atoms with Crippen molar-refractivity contribution in [1.82, 2.24) is 14.8 Å². The summed E-state index contributed by atoms with van der Waals surface area (Å²) in [5.74, 6) is -0.551. The van der Waals surface area contributed by atoms with E-state index in [4.69, 9.17) is 20.3 Å². The molecule has 11 heteroatoms. The van der Waals surface area contributed by atoms with Gasteiger partial charge in [0.2, 0.25) is 5.78 Å². The second-order valence-electron chi connectivity index (χ2n) is 7.90. The minimum atomic E-state index is -0.551. The Morgan fingerprint density at radius 2 is 2.00 bits per heavy atom. The number of hydrogen-bond acceptors (Lipinski definition) is 10. The van der Waals surface area contributed by atoms with Crippen molar-refractivity contribution in [3.05, 3.63) is 35.7 Å². The van der Waals surface area contributed by atoms with Crippen LogP contribution in [0.2, 0.25) is 0 Å². The van der Waals surface area contributed by atoms with Gasteiger partial charge in [0.25, 0.3) is 6.01 Å². The summed E-state index contributed by atoms with van der Waals surface area (Å²) in [5.41, 5.74) is 6.71. The van der Waals surface area contributed by atoms with E-state index in [1.165, 1.54) is 11.8 Å². The largest absolute Gasteiger partial charge is 0.449 e. The number of Topliss-reactive ketones (excluding diaryl/α,β-unsaturated/α-hetero) is 1. The summed E-state index contributed by atoms with van der Waals surface area (Å²) < 4.78 is 10.3. The monoisotopic (exact) mass is 474 g/mol. The highest BCUT2D eigenvalue weighted by Crippen LogP contribution is 2.28. The number of nitrogens with zero attached hydrogens (tertiary/aromatic N) is 4. The van der Waals surface area contributed by atoms with Crippen LogP contribution in [-0.2, 0) is 4.74 Å². The average molecular weight is 475 g/mol. The number of amides is 1. The molecule has 10 nitrogen and oxygen atoms in total. The highest BCUT2D eigenvalue weighted by molar-refractivity contribution is 7.98. The number of ether oxygens (including phenoxy) is 1. The Bertz CT molecular complexity index is 1000. The predicted molar refractivity (Wildman–Crippen MR) is 129 cm³/mol. The van der Waals surface area contributed by atoms with Crippen molar-refractivity contribution in [3.8, 4) is 0 Å². The molecule has 3 rings (SSSR count). The van der Waals surface area contributed by atoms with E-state index in [1.54, 1.807) is 4.90 Å². The molecule has 0 bridgehead atoms. The molecular formula is C22H30N6O4S. The minimum Gasteiger partial charge on any atom is -0.449 e. The normalized spacial score (nSPS) is 13.9. The number of ketones is 1. The molecular weight excluding hydrogens is 444 g/mol. The van der Waals surface area contributed by atoms with E-state index in [2.05, 4.69) is 14.8 Å². The van der Waals surface area contributed by atoms with Crippen molar-refractivity contribution in [3.63, 3.8) is 0 Å². The molecule has 0 radical (unpaired) electrons. The number of hydrogen-bond donors (Lipinski definition) is 2. The summed E-state index contributed by atoms with van der Waals surface area (Å²) in [5, 5.41) is 8.46. The van der Waals surface area contributed by atoms with Crippen LogP contribution in [0.25, 0.3) is 0 Å². The highest BCUT2D eigenvalue weighted by Gasteiger charge is 2.25. The molecule has 0 aliphatic carbocycles. The maximum absolute atomic E-state index is 12.7. The van der Waals surface area contributed by atoms with Crippen LogP contribution < -0.4 is 10.6 Å². The minimum absolute atomic E-state index is 0.00710. The summed E-state index contributed by atoms with van der Waals surface area (Å²) in [7, 11) is 3.97. The third-order valence-electron chi connectivity index (χ3n) is 5.31. The van der Waals surface area contributed by atoms with E-state index in [0.29, 0.717) is 38.3 Å². The first-order valence-electron chi connectivity index (χ1n) is 10.6. The van der Waals surface area contributed by atoms with Gasteiger partial charge in [0.15, 0.2) is 5.69 Å². The number of rotatable bonds is 9. The van der Waals surface area contributed by atoms with Gasteiger partial charge in [0.1, 0.15) is 12.0 Å². The molecule has 1 aliphatic heterocycles. The molecule has 1 aromatic heterocycles. The molecule has 0 saturated carbocycles. The Morgan fingerprint density at radius 3 is 2.61 bits per heavy atom. The van der Waals surface area contributed by atoms with Crippen molar-refractivity contribution in [2.75, 3.05) is 70.3 Å². The van der Waals surface area contributed by atoms with Gasteiger partial charge in [-0.1, -0.05) is 0 Å². The molecule has 2 heterocycles. The van der Waals surface area contributed by atoms with Gasteiger partial charge in [0, 0.05) is 48.9 Å². The van der Waals surface area contributed by atoms with Gasteiger partial charge in [-0.15, -0.1) is 11.8 Å². The number of piperazine rings is 1. The first kappa shape index (κ1) is 24.6. The van der Waals surface area contributed by atoms with E-state index in [0.717, 1.165) is 29.8 Å². The van der Waals surface area contributed by atoms with Crippen LogP contribution in [0.1, 0.15) is 22.5 Å². The number of anilines is 2. The molecule has 2 aromatic rings. The van der Waals surface area contributed by atoms with Gasteiger partial charge in [-0.25, -0.2) is 4.79 Å². The smallest absolute Gasteiger partial charge is 0.409 e. The molecule has 1 aromatic carbocycles. The molecule has 3 N–H and O–H groups in total. The van der Waals surface area contributed by atoms with Crippen molar-refractivity contribution in [1.29, 1.82) is 5.41 Å². The van der Waals surface area contributed by atoms with E-state index in [9.17, 15) is 9.59 Å².